The number of fused-ring (bicyclic) bond motifs is 1. The van der Waals surface area contributed by atoms with Crippen molar-refractivity contribution < 1.29 is 14.6 Å². The van der Waals surface area contributed by atoms with E-state index in [0.29, 0.717) is 28.4 Å². The summed E-state index contributed by atoms with van der Waals surface area (Å²) in [6.07, 6.45) is 1.76. The van der Waals surface area contributed by atoms with E-state index in [1.807, 2.05) is 36.4 Å². The van der Waals surface area contributed by atoms with E-state index in [9.17, 15) is 9.90 Å². The van der Waals surface area contributed by atoms with Crippen LogP contribution in [0.25, 0.3) is 22.4 Å². The minimum Gasteiger partial charge on any atom is -0.504 e. The van der Waals surface area contributed by atoms with E-state index in [2.05, 4.69) is 20.3 Å². The van der Waals surface area contributed by atoms with Gasteiger partial charge in [-0.05, 0) is 35.9 Å². The molecule has 7 heteroatoms. The summed E-state index contributed by atoms with van der Waals surface area (Å²) in [6, 6.07) is 18.1. The van der Waals surface area contributed by atoms with Crippen LogP contribution in [0.1, 0.15) is 5.56 Å². The molecule has 4 aromatic rings. The first-order valence-electron chi connectivity index (χ1n) is 8.97. The summed E-state index contributed by atoms with van der Waals surface area (Å²) in [7, 11) is 1.49. The number of methoxy groups -OCH3 is 1. The van der Waals surface area contributed by atoms with E-state index in [4.69, 9.17) is 4.74 Å². The lowest BCUT2D eigenvalue weighted by Crippen LogP contribution is -2.15. The Hall–Kier alpha value is -4.00. The topological polar surface area (TPSA) is 97.2 Å². The molecular weight excluding hydrogens is 368 g/mol. The number of nitrogens with zero attached hydrogens (tertiary/aromatic N) is 3. The SMILES string of the molecule is COc1cc(-c2ccc3ncc(NC(=O)Cc4ccccc4)nc3n2)ccc1O. The normalized spacial score (nSPS) is 10.7. The van der Waals surface area contributed by atoms with Gasteiger partial charge >= 0.3 is 0 Å². The summed E-state index contributed by atoms with van der Waals surface area (Å²) in [6.45, 7) is 0. The molecule has 0 aliphatic carbocycles. The van der Waals surface area contributed by atoms with Crippen LogP contribution in [0.5, 0.6) is 11.5 Å². The van der Waals surface area contributed by atoms with Crippen molar-refractivity contribution >= 4 is 22.9 Å². The molecule has 2 heterocycles. The Morgan fingerprint density at radius 1 is 1.07 bits per heavy atom. The number of ether oxygens (including phenoxy) is 1. The second-order valence-corrected chi connectivity index (χ2v) is 6.39. The molecule has 2 aromatic heterocycles. The molecule has 0 spiro atoms. The van der Waals surface area contributed by atoms with Crippen molar-refractivity contribution in [2.24, 2.45) is 0 Å². The van der Waals surface area contributed by atoms with Crippen molar-refractivity contribution in [1.82, 2.24) is 15.0 Å². The maximum Gasteiger partial charge on any atom is 0.229 e. The summed E-state index contributed by atoms with van der Waals surface area (Å²) in [5.41, 5.74) is 3.35. The van der Waals surface area contributed by atoms with Gasteiger partial charge in [-0.1, -0.05) is 30.3 Å². The van der Waals surface area contributed by atoms with Gasteiger partial charge in [0.1, 0.15) is 5.52 Å². The van der Waals surface area contributed by atoms with Crippen LogP contribution in [0, 0.1) is 0 Å². The van der Waals surface area contributed by atoms with Crippen LogP contribution in [-0.2, 0) is 11.2 Å². The van der Waals surface area contributed by atoms with Gasteiger partial charge in [-0.3, -0.25) is 4.79 Å². The van der Waals surface area contributed by atoms with Gasteiger partial charge in [-0.2, -0.15) is 0 Å². The number of carbonyl (C=O) groups excluding carboxylic acids is 1. The van der Waals surface area contributed by atoms with Gasteiger partial charge in [0.15, 0.2) is 23.0 Å². The standard InChI is InChI=1S/C22H18N4O3/c1-29-19-12-15(7-10-18(19)27)16-8-9-17-22(24-16)26-20(13-23-17)25-21(28)11-14-5-3-2-4-6-14/h2-10,12-13,27H,11H2,1H3,(H,24,25,26,28). The number of hydrogen-bond donors (Lipinski definition) is 2. The molecule has 29 heavy (non-hydrogen) atoms. The smallest absolute Gasteiger partial charge is 0.229 e. The summed E-state index contributed by atoms with van der Waals surface area (Å²) in [5, 5.41) is 12.5. The van der Waals surface area contributed by atoms with Gasteiger partial charge in [0.25, 0.3) is 0 Å². The van der Waals surface area contributed by atoms with Crippen LogP contribution in [0.15, 0.2) is 66.9 Å². The molecule has 144 valence electrons. The van der Waals surface area contributed by atoms with Crippen LogP contribution < -0.4 is 10.1 Å². The van der Waals surface area contributed by atoms with Gasteiger partial charge in [-0.25, -0.2) is 15.0 Å². The lowest BCUT2D eigenvalue weighted by molar-refractivity contribution is -0.115. The fourth-order valence-corrected chi connectivity index (χ4v) is 2.92. The number of pyridine rings is 1. The molecule has 2 aromatic carbocycles. The Kier molecular flexibility index (Phi) is 5.03. The van der Waals surface area contributed by atoms with Crippen molar-refractivity contribution in [2.45, 2.75) is 6.42 Å². The number of amides is 1. The number of carbonyl (C=O) groups is 1. The largest absolute Gasteiger partial charge is 0.504 e. The van der Waals surface area contributed by atoms with E-state index >= 15 is 0 Å². The lowest BCUT2D eigenvalue weighted by Gasteiger charge is -2.08. The number of hydrogen-bond acceptors (Lipinski definition) is 6. The fourth-order valence-electron chi connectivity index (χ4n) is 2.92. The number of aromatic hydroxyl groups is 1. The van der Waals surface area contributed by atoms with Gasteiger partial charge in [0.2, 0.25) is 5.91 Å². The minimum absolute atomic E-state index is 0.0558. The zero-order valence-corrected chi connectivity index (χ0v) is 15.7. The van der Waals surface area contributed by atoms with Crippen LogP contribution in [-0.4, -0.2) is 33.1 Å². The number of rotatable bonds is 5. The highest BCUT2D eigenvalue weighted by molar-refractivity contribution is 5.92. The third-order valence-corrected chi connectivity index (χ3v) is 4.36. The van der Waals surface area contributed by atoms with Gasteiger partial charge in [-0.15, -0.1) is 0 Å². The first-order chi connectivity index (χ1) is 14.1. The first-order valence-corrected chi connectivity index (χ1v) is 8.97. The highest BCUT2D eigenvalue weighted by Gasteiger charge is 2.10. The van der Waals surface area contributed by atoms with Crippen LogP contribution >= 0.6 is 0 Å². The number of aromatic nitrogens is 3. The van der Waals surface area contributed by atoms with Gasteiger partial charge in [0.05, 0.1) is 25.4 Å². The van der Waals surface area contributed by atoms with E-state index in [1.54, 1.807) is 24.3 Å². The third kappa shape index (κ3) is 4.14. The average molecular weight is 386 g/mol. The van der Waals surface area contributed by atoms with Crippen LogP contribution in [0.3, 0.4) is 0 Å². The molecular formula is C22H18N4O3. The fraction of sp³-hybridized carbons (Fsp3) is 0.0909. The Bertz CT molecular complexity index is 1180. The molecule has 0 saturated heterocycles. The Balaban J connectivity index is 1.59. The Morgan fingerprint density at radius 2 is 1.90 bits per heavy atom. The predicted octanol–water partition coefficient (Wildman–Crippen LogP) is 3.59. The third-order valence-electron chi connectivity index (χ3n) is 4.36. The molecule has 7 nitrogen and oxygen atoms in total. The molecule has 2 N–H and O–H groups in total. The van der Waals surface area contributed by atoms with E-state index in [0.717, 1.165) is 11.1 Å². The highest BCUT2D eigenvalue weighted by atomic mass is 16.5. The molecule has 4 rings (SSSR count). The van der Waals surface area contributed by atoms with Crippen molar-refractivity contribution in [3.05, 3.63) is 72.4 Å². The van der Waals surface area contributed by atoms with Crippen LogP contribution in [0.2, 0.25) is 0 Å². The molecule has 0 aliphatic rings. The summed E-state index contributed by atoms with van der Waals surface area (Å²) in [5.74, 6) is 0.577. The maximum atomic E-state index is 12.3. The van der Waals surface area contributed by atoms with Crippen molar-refractivity contribution in [3.8, 4) is 22.8 Å². The van der Waals surface area contributed by atoms with Crippen molar-refractivity contribution in [2.75, 3.05) is 12.4 Å². The van der Waals surface area contributed by atoms with Crippen molar-refractivity contribution in [3.63, 3.8) is 0 Å². The Labute approximate surface area is 167 Å². The maximum absolute atomic E-state index is 12.3. The Morgan fingerprint density at radius 3 is 2.69 bits per heavy atom. The average Bonchev–Trinajstić information content (AvgIpc) is 2.74. The molecule has 0 unspecified atom stereocenters. The summed E-state index contributed by atoms with van der Waals surface area (Å²) >= 11 is 0. The number of benzene rings is 2. The summed E-state index contributed by atoms with van der Waals surface area (Å²) < 4.78 is 5.15. The molecule has 0 atom stereocenters. The zero-order valence-electron chi connectivity index (χ0n) is 15.7. The number of phenols is 1. The molecule has 0 radical (unpaired) electrons. The van der Waals surface area contributed by atoms with Crippen LogP contribution in [0.4, 0.5) is 5.82 Å². The monoisotopic (exact) mass is 386 g/mol. The summed E-state index contributed by atoms with van der Waals surface area (Å²) in [4.78, 5) is 25.5. The second-order valence-electron chi connectivity index (χ2n) is 6.39. The molecule has 0 fully saturated rings. The molecule has 0 bridgehead atoms. The van der Waals surface area contributed by atoms with Gasteiger partial charge in [0, 0.05) is 5.56 Å². The molecule has 0 aliphatic heterocycles. The van der Waals surface area contributed by atoms with Gasteiger partial charge < -0.3 is 15.2 Å². The number of nitrogens with one attached hydrogen (secondary N) is 1. The molecule has 0 saturated carbocycles. The molecule has 1 amide bonds. The van der Waals surface area contributed by atoms with E-state index in [1.165, 1.54) is 13.3 Å². The minimum atomic E-state index is -0.177. The van der Waals surface area contributed by atoms with Crippen molar-refractivity contribution in [1.29, 1.82) is 0 Å². The zero-order chi connectivity index (χ0) is 20.2. The number of anilines is 1. The second kappa shape index (κ2) is 7.93. The predicted molar refractivity (Wildman–Crippen MR) is 110 cm³/mol. The van der Waals surface area contributed by atoms with E-state index in [-0.39, 0.29) is 18.1 Å². The highest BCUT2D eigenvalue weighted by Crippen LogP contribution is 2.31. The lowest BCUT2D eigenvalue weighted by atomic mass is 10.1. The van der Waals surface area contributed by atoms with E-state index < -0.39 is 0 Å². The quantitative estimate of drug-likeness (QED) is 0.544. The number of phenolic OH excluding ortho intramolecular Hbond substituents is 1. The first kappa shape index (κ1) is 18.4.